The van der Waals surface area contributed by atoms with Crippen molar-refractivity contribution in [3.05, 3.63) is 84.4 Å². The Labute approximate surface area is 165 Å². The number of carbonyl (C=O) groups is 3. The van der Waals surface area contributed by atoms with E-state index < -0.39 is 18.2 Å². The second-order valence-electron chi connectivity index (χ2n) is 5.58. The number of carbonyl (C=O) groups excluding carboxylic acids is 2. The van der Waals surface area contributed by atoms with E-state index in [0.717, 1.165) is 0 Å². The van der Waals surface area contributed by atoms with Gasteiger partial charge in [-0.05, 0) is 36.4 Å². The van der Waals surface area contributed by atoms with Crippen molar-refractivity contribution in [2.75, 3.05) is 5.32 Å². The maximum absolute atomic E-state index is 12.1. The quantitative estimate of drug-likeness (QED) is 0.482. The summed E-state index contributed by atoms with van der Waals surface area (Å²) in [6.07, 6.45) is -2.05. The van der Waals surface area contributed by atoms with Crippen LogP contribution >= 0.6 is 0 Å². The number of hydrogen-bond donors (Lipinski definition) is 2. The van der Waals surface area contributed by atoms with E-state index in [1.807, 2.05) is 0 Å². The summed E-state index contributed by atoms with van der Waals surface area (Å²) in [7, 11) is 0. The number of rotatable bonds is 5. The smallest absolute Gasteiger partial charge is 0.478 e. The van der Waals surface area contributed by atoms with E-state index in [4.69, 9.17) is 14.2 Å². The van der Waals surface area contributed by atoms with Crippen LogP contribution in [0.2, 0.25) is 0 Å². The molecule has 0 aliphatic heterocycles. The van der Waals surface area contributed by atoms with Gasteiger partial charge in [-0.25, -0.2) is 14.4 Å². The van der Waals surface area contributed by atoms with E-state index in [1.54, 1.807) is 48.5 Å². The molecule has 0 fully saturated rings. The molecular formula is C21H15NO7. The first-order chi connectivity index (χ1) is 14.0. The molecule has 8 heteroatoms. The number of ether oxygens (including phenoxy) is 3. The van der Waals surface area contributed by atoms with Gasteiger partial charge in [0, 0.05) is 0 Å². The third-order valence-electron chi connectivity index (χ3n) is 3.57. The molecule has 0 radical (unpaired) electrons. The molecule has 3 aromatic rings. The molecule has 0 saturated heterocycles. The molecule has 1 amide bonds. The summed E-state index contributed by atoms with van der Waals surface area (Å²) < 4.78 is 15.2. The lowest BCUT2D eigenvalue weighted by molar-refractivity contribution is 0.0693. The molecule has 29 heavy (non-hydrogen) atoms. The minimum absolute atomic E-state index is 0.0733. The highest BCUT2D eigenvalue weighted by atomic mass is 16.7. The molecule has 0 aliphatic carbocycles. The lowest BCUT2D eigenvalue weighted by Gasteiger charge is -2.13. The van der Waals surface area contributed by atoms with E-state index >= 15 is 0 Å². The van der Waals surface area contributed by atoms with Crippen molar-refractivity contribution in [2.45, 2.75) is 0 Å². The fourth-order valence-corrected chi connectivity index (χ4v) is 2.33. The average molecular weight is 393 g/mol. The summed E-state index contributed by atoms with van der Waals surface area (Å²) in [6, 6.07) is 20.3. The number of hydrogen-bond acceptors (Lipinski definition) is 6. The zero-order valence-electron chi connectivity index (χ0n) is 14.9. The Hall–Kier alpha value is -4.33. The fourth-order valence-electron chi connectivity index (χ4n) is 2.33. The summed E-state index contributed by atoms with van der Waals surface area (Å²) in [6.45, 7) is 0. The highest BCUT2D eigenvalue weighted by Crippen LogP contribution is 2.30. The Bertz CT molecular complexity index is 1020. The summed E-state index contributed by atoms with van der Waals surface area (Å²) in [5, 5.41) is 11.8. The summed E-state index contributed by atoms with van der Waals surface area (Å²) in [5.74, 6) is -1.24. The minimum Gasteiger partial charge on any atom is -0.478 e. The number of carboxylic acid groups (broad SMARTS) is 1. The van der Waals surface area contributed by atoms with Gasteiger partial charge in [0.15, 0.2) is 5.75 Å². The van der Waals surface area contributed by atoms with Crippen molar-refractivity contribution in [1.29, 1.82) is 0 Å². The van der Waals surface area contributed by atoms with Crippen molar-refractivity contribution < 1.29 is 33.7 Å². The van der Waals surface area contributed by atoms with Crippen LogP contribution in [0.5, 0.6) is 17.2 Å². The standard InChI is InChI=1S/C21H15NO7/c23-19(24)16-12-7-13-17(22-20(25)27-14-8-3-1-4-9-14)18(16)29-21(26)28-15-10-5-2-6-11-15/h1-13H,(H,22,25)(H,23,24). The van der Waals surface area contributed by atoms with Gasteiger partial charge in [0.05, 0.1) is 5.69 Å². The molecule has 146 valence electrons. The van der Waals surface area contributed by atoms with Crippen LogP contribution in [0.3, 0.4) is 0 Å². The minimum atomic E-state index is -1.35. The van der Waals surface area contributed by atoms with E-state index in [1.165, 1.54) is 30.3 Å². The lowest BCUT2D eigenvalue weighted by atomic mass is 10.1. The highest BCUT2D eigenvalue weighted by Gasteiger charge is 2.21. The number of carboxylic acids is 1. The lowest BCUT2D eigenvalue weighted by Crippen LogP contribution is -2.20. The topological polar surface area (TPSA) is 111 Å². The van der Waals surface area contributed by atoms with Gasteiger partial charge in [0.2, 0.25) is 0 Å². The van der Waals surface area contributed by atoms with Gasteiger partial charge in [0.1, 0.15) is 17.1 Å². The fraction of sp³-hybridized carbons (Fsp3) is 0. The molecule has 0 unspecified atom stereocenters. The molecule has 3 rings (SSSR count). The molecule has 0 aromatic heterocycles. The van der Waals surface area contributed by atoms with E-state index in [0.29, 0.717) is 0 Å². The zero-order chi connectivity index (χ0) is 20.6. The number of nitrogens with one attached hydrogen (secondary N) is 1. The van der Waals surface area contributed by atoms with E-state index in [2.05, 4.69) is 5.32 Å². The molecule has 2 N–H and O–H groups in total. The van der Waals surface area contributed by atoms with Gasteiger partial charge in [-0.15, -0.1) is 0 Å². The van der Waals surface area contributed by atoms with Crippen molar-refractivity contribution in [3.63, 3.8) is 0 Å². The van der Waals surface area contributed by atoms with E-state index in [-0.39, 0.29) is 28.5 Å². The Balaban J connectivity index is 1.80. The van der Waals surface area contributed by atoms with Gasteiger partial charge in [0.25, 0.3) is 0 Å². The van der Waals surface area contributed by atoms with Gasteiger partial charge < -0.3 is 19.3 Å². The van der Waals surface area contributed by atoms with Crippen LogP contribution in [0.25, 0.3) is 0 Å². The van der Waals surface area contributed by atoms with Crippen LogP contribution in [0, 0.1) is 0 Å². The first-order valence-corrected chi connectivity index (χ1v) is 8.38. The Kier molecular flexibility index (Phi) is 6.06. The van der Waals surface area contributed by atoms with Crippen LogP contribution in [0.15, 0.2) is 78.9 Å². The van der Waals surface area contributed by atoms with Crippen molar-refractivity contribution in [3.8, 4) is 17.2 Å². The second-order valence-corrected chi connectivity index (χ2v) is 5.58. The first-order valence-electron chi connectivity index (χ1n) is 8.38. The van der Waals surface area contributed by atoms with Crippen molar-refractivity contribution in [1.82, 2.24) is 0 Å². The van der Waals surface area contributed by atoms with Crippen molar-refractivity contribution in [2.24, 2.45) is 0 Å². The van der Waals surface area contributed by atoms with Crippen LogP contribution < -0.4 is 19.5 Å². The normalized spacial score (nSPS) is 9.93. The Morgan fingerprint density at radius 1 is 0.690 bits per heavy atom. The van der Waals surface area contributed by atoms with Crippen LogP contribution in [-0.4, -0.2) is 23.3 Å². The zero-order valence-corrected chi connectivity index (χ0v) is 14.9. The molecule has 0 heterocycles. The second kappa shape index (κ2) is 9.05. The highest BCUT2D eigenvalue weighted by molar-refractivity contribution is 5.97. The number of benzene rings is 3. The summed E-state index contributed by atoms with van der Waals surface area (Å²) >= 11 is 0. The third-order valence-corrected chi connectivity index (χ3v) is 3.57. The predicted molar refractivity (Wildman–Crippen MR) is 103 cm³/mol. The summed E-state index contributed by atoms with van der Waals surface area (Å²) in [5.41, 5.74) is -0.414. The maximum Gasteiger partial charge on any atom is 0.519 e. The van der Waals surface area contributed by atoms with E-state index in [9.17, 15) is 19.5 Å². The average Bonchev–Trinajstić information content (AvgIpc) is 2.70. The van der Waals surface area contributed by atoms with Crippen LogP contribution in [0.1, 0.15) is 10.4 Å². The number of amides is 1. The molecule has 0 aliphatic rings. The number of anilines is 1. The molecule has 0 atom stereocenters. The Morgan fingerprint density at radius 3 is 1.86 bits per heavy atom. The molecular weight excluding hydrogens is 378 g/mol. The van der Waals surface area contributed by atoms with Gasteiger partial charge >= 0.3 is 18.2 Å². The summed E-state index contributed by atoms with van der Waals surface area (Å²) in [4.78, 5) is 35.8. The molecule has 8 nitrogen and oxygen atoms in total. The molecule has 0 bridgehead atoms. The van der Waals surface area contributed by atoms with Gasteiger partial charge in [-0.3, -0.25) is 5.32 Å². The molecule has 0 spiro atoms. The van der Waals surface area contributed by atoms with Crippen molar-refractivity contribution >= 4 is 23.9 Å². The largest absolute Gasteiger partial charge is 0.519 e. The maximum atomic E-state index is 12.1. The number of aromatic carboxylic acids is 1. The number of para-hydroxylation sites is 3. The molecule has 3 aromatic carbocycles. The molecule has 0 saturated carbocycles. The predicted octanol–water partition coefficient (Wildman–Crippen LogP) is 4.57. The van der Waals surface area contributed by atoms with Gasteiger partial charge in [-0.2, -0.15) is 0 Å². The van der Waals surface area contributed by atoms with Gasteiger partial charge in [-0.1, -0.05) is 42.5 Å². The first kappa shape index (κ1) is 19.4. The van der Waals surface area contributed by atoms with Crippen LogP contribution in [0.4, 0.5) is 15.3 Å². The third kappa shape index (κ3) is 5.33. The Morgan fingerprint density at radius 2 is 1.28 bits per heavy atom. The monoisotopic (exact) mass is 393 g/mol. The van der Waals surface area contributed by atoms with Crippen LogP contribution in [-0.2, 0) is 0 Å². The SMILES string of the molecule is O=C(Nc1cccc(C(=O)O)c1OC(=O)Oc1ccccc1)Oc1ccccc1.